The van der Waals surface area contributed by atoms with Gasteiger partial charge in [0.15, 0.2) is 0 Å². The van der Waals surface area contributed by atoms with Crippen LogP contribution >= 0.6 is 22.9 Å². The van der Waals surface area contributed by atoms with E-state index in [0.29, 0.717) is 25.3 Å². The molecule has 3 N–H and O–H groups in total. The second-order valence-electron chi connectivity index (χ2n) is 9.62. The third kappa shape index (κ3) is 7.90. The molecule has 0 spiro atoms. The van der Waals surface area contributed by atoms with Crippen LogP contribution in [0.4, 0.5) is 0 Å². The molecule has 3 amide bonds. The maximum atomic E-state index is 13.4. The Labute approximate surface area is 216 Å². The van der Waals surface area contributed by atoms with Gasteiger partial charge < -0.3 is 16.0 Å². The van der Waals surface area contributed by atoms with Crippen molar-refractivity contribution in [2.75, 3.05) is 12.4 Å². The molecule has 1 fully saturated rings. The van der Waals surface area contributed by atoms with E-state index >= 15 is 0 Å². The fraction of sp³-hybridized carbons (Fsp3) is 0.615. The van der Waals surface area contributed by atoms with Crippen LogP contribution in [0, 0.1) is 5.92 Å². The molecular weight excluding hydrogens is 484 g/mol. The molecular formula is C26H37ClN4O3S. The number of rotatable bonds is 11. The van der Waals surface area contributed by atoms with Crippen molar-refractivity contribution in [2.45, 2.75) is 83.7 Å². The van der Waals surface area contributed by atoms with E-state index in [1.165, 1.54) is 12.0 Å². The van der Waals surface area contributed by atoms with Crippen molar-refractivity contribution in [3.8, 4) is 0 Å². The highest BCUT2D eigenvalue weighted by atomic mass is 35.5. The Morgan fingerprint density at radius 3 is 2.51 bits per heavy atom. The number of hydrogen-bond acceptors (Lipinski definition) is 5. The molecule has 1 heterocycles. The van der Waals surface area contributed by atoms with Crippen LogP contribution in [0.5, 0.6) is 0 Å². The highest BCUT2D eigenvalue weighted by Crippen LogP contribution is 2.28. The molecule has 35 heavy (non-hydrogen) atoms. The molecule has 1 aromatic heterocycles. The molecule has 9 heteroatoms. The highest BCUT2D eigenvalue weighted by Gasteiger charge is 2.29. The van der Waals surface area contributed by atoms with Gasteiger partial charge in [0.25, 0.3) is 0 Å². The molecule has 1 aromatic carbocycles. The Balaban J connectivity index is 1.77. The highest BCUT2D eigenvalue weighted by molar-refractivity contribution is 7.18. The topological polar surface area (TPSA) is 100 Å². The molecule has 2 aromatic rings. The summed E-state index contributed by atoms with van der Waals surface area (Å²) < 4.78 is 1.08. The summed E-state index contributed by atoms with van der Waals surface area (Å²) in [5, 5.41) is 9.65. The fourth-order valence-electron chi connectivity index (χ4n) is 4.54. The van der Waals surface area contributed by atoms with Gasteiger partial charge in [0.2, 0.25) is 17.7 Å². The molecule has 2 atom stereocenters. The van der Waals surface area contributed by atoms with Crippen LogP contribution in [0.15, 0.2) is 18.2 Å². The number of nitrogens with one attached hydrogen (secondary N) is 3. The van der Waals surface area contributed by atoms with E-state index in [1.54, 1.807) is 18.3 Å². The van der Waals surface area contributed by atoms with Crippen LogP contribution < -0.4 is 16.0 Å². The van der Waals surface area contributed by atoms with Gasteiger partial charge in [-0.3, -0.25) is 14.4 Å². The van der Waals surface area contributed by atoms with Crippen LogP contribution in [0.1, 0.15) is 75.8 Å². The van der Waals surface area contributed by atoms with Gasteiger partial charge in [0, 0.05) is 25.4 Å². The number of thiazole rings is 1. The second kappa shape index (κ2) is 13.2. The summed E-state index contributed by atoms with van der Waals surface area (Å²) >= 11 is 7.21. The normalized spacial score (nSPS) is 16.1. The Morgan fingerprint density at radius 1 is 1.11 bits per heavy atom. The van der Waals surface area contributed by atoms with Crippen LogP contribution in [-0.2, 0) is 20.8 Å². The van der Waals surface area contributed by atoms with Gasteiger partial charge in [-0.05, 0) is 42.4 Å². The molecule has 192 valence electrons. The lowest BCUT2D eigenvalue weighted by Gasteiger charge is -2.32. The Hall–Kier alpha value is -2.19. The minimum atomic E-state index is -0.734. The summed E-state index contributed by atoms with van der Waals surface area (Å²) in [7, 11) is 0. The predicted octanol–water partition coefficient (Wildman–Crippen LogP) is 4.28. The fourth-order valence-corrected chi connectivity index (χ4v) is 5.70. The van der Waals surface area contributed by atoms with Crippen molar-refractivity contribution in [3.63, 3.8) is 0 Å². The molecule has 1 aliphatic carbocycles. The van der Waals surface area contributed by atoms with E-state index in [1.807, 2.05) is 6.07 Å². The maximum absolute atomic E-state index is 13.4. The molecule has 2 unspecified atom stereocenters. The number of halogens is 1. The molecule has 7 nitrogen and oxygen atoms in total. The summed E-state index contributed by atoms with van der Waals surface area (Å²) in [6.45, 7) is 6.40. The third-order valence-electron chi connectivity index (χ3n) is 6.66. The number of hydrogen-bond donors (Lipinski definition) is 3. The van der Waals surface area contributed by atoms with Crippen molar-refractivity contribution < 1.29 is 14.4 Å². The average Bonchev–Trinajstić information content (AvgIpc) is 3.27. The zero-order valence-corrected chi connectivity index (χ0v) is 22.4. The molecule has 3 rings (SSSR count). The second-order valence-corrected chi connectivity index (χ2v) is 11.0. The van der Waals surface area contributed by atoms with Crippen LogP contribution in [-0.4, -0.2) is 47.2 Å². The van der Waals surface area contributed by atoms with Gasteiger partial charge in [-0.25, -0.2) is 4.98 Å². The van der Waals surface area contributed by atoms with Crippen molar-refractivity contribution in [1.82, 2.24) is 20.9 Å². The summed E-state index contributed by atoms with van der Waals surface area (Å²) in [5.74, 6) is -0.0991. The number of carbonyl (C=O) groups is 3. The number of benzene rings is 1. The zero-order chi connectivity index (χ0) is 25.4. The molecule has 0 saturated heterocycles. The van der Waals surface area contributed by atoms with E-state index in [0.717, 1.165) is 40.9 Å². The first kappa shape index (κ1) is 27.4. The van der Waals surface area contributed by atoms with Gasteiger partial charge in [-0.2, -0.15) is 0 Å². The van der Waals surface area contributed by atoms with E-state index < -0.39 is 6.04 Å². The first-order valence-corrected chi connectivity index (χ1v) is 14.0. The predicted molar refractivity (Wildman–Crippen MR) is 142 cm³/mol. The number of fused-ring (bicyclic) bond motifs is 1. The van der Waals surface area contributed by atoms with Gasteiger partial charge in [-0.1, -0.05) is 46.1 Å². The van der Waals surface area contributed by atoms with E-state index in [2.05, 4.69) is 41.9 Å². The van der Waals surface area contributed by atoms with Crippen LogP contribution in [0.25, 0.3) is 10.2 Å². The largest absolute Gasteiger partial charge is 0.353 e. The van der Waals surface area contributed by atoms with Crippen molar-refractivity contribution in [3.05, 3.63) is 28.8 Å². The van der Waals surface area contributed by atoms with Crippen molar-refractivity contribution in [1.29, 1.82) is 0 Å². The first-order valence-electron chi connectivity index (χ1n) is 12.6. The number of nitrogens with zero attached hydrogens (tertiary/aromatic N) is 1. The summed E-state index contributed by atoms with van der Waals surface area (Å²) in [4.78, 5) is 42.2. The first-order chi connectivity index (χ1) is 16.8. The SMILES string of the molecule is CCC(=O)NC(Cc1nc2ccc(C(C)C)cc2s1)C(=O)NC(CNC(=O)CCl)C1CCCCC1. The molecule has 0 radical (unpaired) electrons. The monoisotopic (exact) mass is 520 g/mol. The zero-order valence-electron chi connectivity index (χ0n) is 20.9. The minimum Gasteiger partial charge on any atom is -0.353 e. The maximum Gasteiger partial charge on any atom is 0.243 e. The van der Waals surface area contributed by atoms with Crippen molar-refractivity contribution in [2.24, 2.45) is 5.92 Å². The van der Waals surface area contributed by atoms with E-state index in [9.17, 15) is 14.4 Å². The minimum absolute atomic E-state index is 0.114. The summed E-state index contributed by atoms with van der Waals surface area (Å²) in [6, 6.07) is 5.31. The lowest BCUT2D eigenvalue weighted by Crippen LogP contribution is -2.55. The Bertz CT molecular complexity index is 1020. The Morgan fingerprint density at radius 2 is 1.86 bits per heavy atom. The third-order valence-corrected chi connectivity index (χ3v) is 7.95. The van der Waals surface area contributed by atoms with Crippen LogP contribution in [0.2, 0.25) is 0 Å². The molecule has 1 aliphatic rings. The van der Waals surface area contributed by atoms with E-state index in [4.69, 9.17) is 16.6 Å². The molecule has 0 bridgehead atoms. The van der Waals surface area contributed by atoms with Gasteiger partial charge >= 0.3 is 0 Å². The van der Waals surface area contributed by atoms with Gasteiger partial charge in [0.1, 0.15) is 11.9 Å². The lowest BCUT2D eigenvalue weighted by atomic mass is 9.83. The average molecular weight is 521 g/mol. The number of carbonyl (C=O) groups excluding carboxylic acids is 3. The number of alkyl halides is 1. The van der Waals surface area contributed by atoms with Gasteiger partial charge in [0.05, 0.1) is 15.2 Å². The molecule has 1 saturated carbocycles. The van der Waals surface area contributed by atoms with E-state index in [-0.39, 0.29) is 35.6 Å². The summed E-state index contributed by atoms with van der Waals surface area (Å²) in [6.07, 6.45) is 6.03. The standard InChI is InChI=1S/C26H37ClN4O3S/c1-4-23(32)29-20(13-25-30-19-11-10-18(16(2)3)12-22(19)35-25)26(34)31-21(15-28-24(33)14-27)17-8-6-5-7-9-17/h10-12,16-17,20-21H,4-9,13-15H2,1-3H3,(H,28,33)(H,29,32)(H,31,34). The number of amides is 3. The summed E-state index contributed by atoms with van der Waals surface area (Å²) in [5.41, 5.74) is 2.15. The molecule has 0 aliphatic heterocycles. The lowest BCUT2D eigenvalue weighted by molar-refractivity contribution is -0.129. The quantitative estimate of drug-likeness (QED) is 0.385. The Kier molecular flexibility index (Phi) is 10.3. The van der Waals surface area contributed by atoms with Crippen LogP contribution in [0.3, 0.4) is 0 Å². The number of aromatic nitrogens is 1. The smallest absolute Gasteiger partial charge is 0.243 e. The van der Waals surface area contributed by atoms with Gasteiger partial charge in [-0.15, -0.1) is 22.9 Å². The van der Waals surface area contributed by atoms with Crippen molar-refractivity contribution >= 4 is 50.9 Å².